The number of hydrazone groups is 1. The largest absolute Gasteiger partial charge is 0.356 e. The summed E-state index contributed by atoms with van der Waals surface area (Å²) in [6.45, 7) is 13.1. The lowest BCUT2D eigenvalue weighted by molar-refractivity contribution is -0.130. The average Bonchev–Trinajstić information content (AvgIpc) is 2.97. The minimum atomic E-state index is -0.0819. The highest BCUT2D eigenvalue weighted by atomic mass is 16.2. The highest BCUT2D eigenvalue weighted by molar-refractivity contribution is 5.84. The summed E-state index contributed by atoms with van der Waals surface area (Å²) in [5.74, 6) is 1.00. The molecule has 25 heavy (non-hydrogen) atoms. The predicted molar refractivity (Wildman–Crippen MR) is 101 cm³/mol. The number of rotatable bonds is 6. The number of piperidine rings is 1. The fourth-order valence-corrected chi connectivity index (χ4v) is 3.87. The van der Waals surface area contributed by atoms with Gasteiger partial charge in [-0.2, -0.15) is 5.10 Å². The molecule has 0 radical (unpaired) electrons. The fourth-order valence-electron chi connectivity index (χ4n) is 3.87. The van der Waals surface area contributed by atoms with Crippen molar-refractivity contribution in [2.45, 2.75) is 32.6 Å². The van der Waals surface area contributed by atoms with Crippen LogP contribution in [0.5, 0.6) is 0 Å². The Morgan fingerprint density at radius 2 is 2.16 bits per heavy atom. The van der Waals surface area contributed by atoms with Gasteiger partial charge in [-0.1, -0.05) is 12.6 Å². The van der Waals surface area contributed by atoms with Crippen molar-refractivity contribution in [3.63, 3.8) is 0 Å². The van der Waals surface area contributed by atoms with Gasteiger partial charge in [-0.15, -0.1) is 0 Å². The molecular formula is C19H27N5O. The number of carbonyl (C=O) groups is 1. The molecule has 1 spiro atoms. The van der Waals surface area contributed by atoms with Gasteiger partial charge in [-0.3, -0.25) is 4.79 Å². The third-order valence-electron chi connectivity index (χ3n) is 5.62. The van der Waals surface area contributed by atoms with Gasteiger partial charge in [0.25, 0.3) is 0 Å². The number of nitrogens with zero attached hydrogens (tertiary/aromatic N) is 4. The van der Waals surface area contributed by atoms with E-state index in [1.54, 1.807) is 11.2 Å². The first-order valence-electron chi connectivity index (χ1n) is 8.93. The molecule has 3 heterocycles. The number of likely N-dealkylation sites (tertiary alicyclic amines) is 1. The van der Waals surface area contributed by atoms with Crippen LogP contribution in [0.2, 0.25) is 0 Å². The van der Waals surface area contributed by atoms with Gasteiger partial charge < -0.3 is 10.2 Å². The molecule has 2 saturated heterocycles. The van der Waals surface area contributed by atoms with E-state index in [9.17, 15) is 4.79 Å². The Hall–Kier alpha value is -2.21. The lowest BCUT2D eigenvalue weighted by Crippen LogP contribution is -2.44. The van der Waals surface area contributed by atoms with Crippen molar-refractivity contribution in [3.8, 4) is 0 Å². The monoisotopic (exact) mass is 341 g/mol. The van der Waals surface area contributed by atoms with Crippen molar-refractivity contribution in [3.05, 3.63) is 36.2 Å². The average molecular weight is 341 g/mol. The minimum absolute atomic E-state index is 0.0819. The molecule has 0 bridgehead atoms. The Labute approximate surface area is 149 Å². The molecule has 6 nitrogen and oxygen atoms in total. The van der Waals surface area contributed by atoms with E-state index < -0.39 is 0 Å². The van der Waals surface area contributed by atoms with Crippen LogP contribution in [0.15, 0.2) is 30.0 Å². The zero-order valence-corrected chi connectivity index (χ0v) is 15.0. The van der Waals surface area contributed by atoms with Gasteiger partial charge in [-0.05, 0) is 57.3 Å². The van der Waals surface area contributed by atoms with Crippen molar-refractivity contribution < 1.29 is 4.79 Å². The number of hydrogen-bond acceptors (Lipinski definition) is 5. The molecule has 1 aromatic rings. The van der Waals surface area contributed by atoms with Crippen molar-refractivity contribution in [1.82, 2.24) is 15.2 Å². The summed E-state index contributed by atoms with van der Waals surface area (Å²) in [4.78, 5) is 19.1. The summed E-state index contributed by atoms with van der Waals surface area (Å²) in [5, 5.41) is 8.43. The third kappa shape index (κ3) is 3.58. The summed E-state index contributed by atoms with van der Waals surface area (Å²) in [7, 11) is 0. The predicted octanol–water partition coefficient (Wildman–Crippen LogP) is 2.10. The maximum Gasteiger partial charge on any atom is 0.226 e. The molecule has 1 N–H and O–H groups in total. The number of aromatic nitrogens is 1. The van der Waals surface area contributed by atoms with Crippen LogP contribution in [0.4, 0.5) is 5.82 Å². The van der Waals surface area contributed by atoms with E-state index in [0.717, 1.165) is 63.4 Å². The summed E-state index contributed by atoms with van der Waals surface area (Å²) in [6.07, 6.45) is 5.52. The van der Waals surface area contributed by atoms with Crippen molar-refractivity contribution in [2.24, 2.45) is 10.5 Å². The first kappa shape index (κ1) is 17.6. The highest BCUT2D eigenvalue weighted by Gasteiger charge is 2.44. The number of anilines is 1. The van der Waals surface area contributed by atoms with Crippen LogP contribution in [0.1, 0.15) is 30.5 Å². The van der Waals surface area contributed by atoms with Crippen LogP contribution >= 0.6 is 0 Å². The molecule has 0 aliphatic carbocycles. The van der Waals surface area contributed by atoms with Gasteiger partial charge >= 0.3 is 0 Å². The van der Waals surface area contributed by atoms with E-state index in [0.29, 0.717) is 0 Å². The van der Waals surface area contributed by atoms with Crippen LogP contribution in [0.3, 0.4) is 0 Å². The van der Waals surface area contributed by atoms with Gasteiger partial charge in [0, 0.05) is 31.7 Å². The first-order valence-corrected chi connectivity index (χ1v) is 8.93. The van der Waals surface area contributed by atoms with E-state index in [4.69, 9.17) is 0 Å². The molecule has 2 aliphatic rings. The Morgan fingerprint density at radius 1 is 1.40 bits per heavy atom. The molecule has 0 saturated carbocycles. The lowest BCUT2D eigenvalue weighted by atomic mass is 9.77. The molecule has 0 unspecified atom stereocenters. The number of carbonyl (C=O) groups excluding carboxylic acids is 1. The van der Waals surface area contributed by atoms with Crippen molar-refractivity contribution >= 4 is 18.4 Å². The molecule has 0 aromatic carbocycles. The Kier molecular flexibility index (Phi) is 5.18. The Morgan fingerprint density at radius 3 is 2.72 bits per heavy atom. The molecule has 134 valence electrons. The quantitative estimate of drug-likeness (QED) is 0.636. The molecule has 3 rings (SSSR count). The lowest BCUT2D eigenvalue weighted by Gasteiger charge is -2.37. The molecule has 6 heteroatoms. The topological polar surface area (TPSA) is 60.8 Å². The van der Waals surface area contributed by atoms with E-state index in [1.165, 1.54) is 5.56 Å². The van der Waals surface area contributed by atoms with Gasteiger partial charge in [-0.25, -0.2) is 9.99 Å². The second-order valence-corrected chi connectivity index (χ2v) is 6.96. The standard InChI is InChI=1S/C19H27N5O/c1-4-24(20-3)17-6-5-16(15(2)22-17)7-12-23-13-9-19(10-14-23)8-11-21-18(19)25/h4-6H,1,3,7-14H2,2H3,(H,21,25). The van der Waals surface area contributed by atoms with E-state index >= 15 is 0 Å². The molecule has 1 aromatic heterocycles. The van der Waals surface area contributed by atoms with Gasteiger partial charge in [0.05, 0.1) is 5.41 Å². The van der Waals surface area contributed by atoms with E-state index in [1.807, 2.05) is 13.0 Å². The maximum atomic E-state index is 12.1. The van der Waals surface area contributed by atoms with Crippen LogP contribution in [-0.2, 0) is 11.2 Å². The summed E-state index contributed by atoms with van der Waals surface area (Å²) in [5.41, 5.74) is 2.17. The summed E-state index contributed by atoms with van der Waals surface area (Å²) < 4.78 is 0. The SMILES string of the molecule is C=CN(N=C)c1ccc(CCN2CCC3(CCNC3=O)CC2)c(C)n1. The van der Waals surface area contributed by atoms with E-state index in [2.05, 4.69) is 39.7 Å². The maximum absolute atomic E-state index is 12.1. The number of pyridine rings is 1. The van der Waals surface area contributed by atoms with Crippen molar-refractivity contribution in [2.75, 3.05) is 31.2 Å². The third-order valence-corrected chi connectivity index (χ3v) is 5.62. The second kappa shape index (κ2) is 7.35. The molecule has 2 aliphatic heterocycles. The second-order valence-electron chi connectivity index (χ2n) is 6.96. The number of amides is 1. The number of aryl methyl sites for hydroxylation is 1. The van der Waals surface area contributed by atoms with Gasteiger partial charge in [0.2, 0.25) is 5.91 Å². The normalized spacial score (nSPS) is 19.6. The zero-order valence-electron chi connectivity index (χ0n) is 15.0. The minimum Gasteiger partial charge on any atom is -0.356 e. The van der Waals surface area contributed by atoms with Crippen LogP contribution < -0.4 is 10.3 Å². The van der Waals surface area contributed by atoms with Crippen LogP contribution in [-0.4, -0.2) is 48.7 Å². The Balaban J connectivity index is 1.55. The smallest absolute Gasteiger partial charge is 0.226 e. The van der Waals surface area contributed by atoms with E-state index in [-0.39, 0.29) is 11.3 Å². The Bertz CT molecular complexity index is 656. The number of hydrogen-bond donors (Lipinski definition) is 1. The summed E-state index contributed by atoms with van der Waals surface area (Å²) >= 11 is 0. The first-order chi connectivity index (χ1) is 12.1. The molecule has 2 fully saturated rings. The van der Waals surface area contributed by atoms with Gasteiger partial charge in [0.1, 0.15) is 0 Å². The molecule has 1 amide bonds. The fraction of sp³-hybridized carbons (Fsp3) is 0.526. The molecule has 0 atom stereocenters. The molecular weight excluding hydrogens is 314 g/mol. The zero-order chi connectivity index (χ0) is 17.9. The highest BCUT2D eigenvalue weighted by Crippen LogP contribution is 2.37. The van der Waals surface area contributed by atoms with Crippen LogP contribution in [0, 0.1) is 12.3 Å². The number of nitrogens with one attached hydrogen (secondary N) is 1. The van der Waals surface area contributed by atoms with Crippen molar-refractivity contribution in [1.29, 1.82) is 0 Å². The van der Waals surface area contributed by atoms with Crippen LogP contribution in [0.25, 0.3) is 0 Å². The van der Waals surface area contributed by atoms with Gasteiger partial charge in [0.15, 0.2) is 5.82 Å². The summed E-state index contributed by atoms with van der Waals surface area (Å²) in [6, 6.07) is 4.06.